The van der Waals surface area contributed by atoms with Crippen LogP contribution < -0.4 is 16.8 Å². The molecule has 1 aliphatic carbocycles. The average Bonchev–Trinajstić information content (AvgIpc) is 2.39. The highest BCUT2D eigenvalue weighted by atomic mass is 16.1. The van der Waals surface area contributed by atoms with Crippen LogP contribution in [0.3, 0.4) is 0 Å². The summed E-state index contributed by atoms with van der Waals surface area (Å²) in [6.07, 6.45) is 9.68. The summed E-state index contributed by atoms with van der Waals surface area (Å²) < 4.78 is 0. The highest BCUT2D eigenvalue weighted by Gasteiger charge is 2.24. The standard InChI is InChI=1S/C14H29N3O/c15-10-6-2-1-3-9-14(18)17-13-8-5-4-7-12(13)11-16/h12-13H,1-11,15-16H2,(H,17,18). The lowest BCUT2D eigenvalue weighted by atomic mass is 9.84. The second-order valence-corrected chi connectivity index (χ2v) is 5.41. The predicted molar refractivity (Wildman–Crippen MR) is 75.1 cm³/mol. The molecule has 0 aromatic carbocycles. The van der Waals surface area contributed by atoms with E-state index in [1.54, 1.807) is 0 Å². The lowest BCUT2D eigenvalue weighted by Crippen LogP contribution is -2.44. The third-order valence-corrected chi connectivity index (χ3v) is 3.92. The van der Waals surface area contributed by atoms with E-state index in [1.165, 1.54) is 12.8 Å². The molecule has 0 aromatic heterocycles. The van der Waals surface area contributed by atoms with Crippen LogP contribution in [0.5, 0.6) is 0 Å². The molecule has 106 valence electrons. The summed E-state index contributed by atoms with van der Waals surface area (Å²) >= 11 is 0. The fraction of sp³-hybridized carbons (Fsp3) is 0.929. The molecule has 0 aromatic rings. The zero-order valence-corrected chi connectivity index (χ0v) is 11.5. The van der Waals surface area contributed by atoms with Gasteiger partial charge in [-0.25, -0.2) is 0 Å². The molecule has 0 saturated heterocycles. The molecule has 1 rings (SSSR count). The molecule has 4 heteroatoms. The van der Waals surface area contributed by atoms with Crippen LogP contribution in [0.15, 0.2) is 0 Å². The quantitative estimate of drug-likeness (QED) is 0.575. The summed E-state index contributed by atoms with van der Waals surface area (Å²) in [6, 6.07) is 0.320. The van der Waals surface area contributed by atoms with Gasteiger partial charge in [-0.2, -0.15) is 0 Å². The van der Waals surface area contributed by atoms with E-state index in [0.29, 0.717) is 24.9 Å². The van der Waals surface area contributed by atoms with Gasteiger partial charge >= 0.3 is 0 Å². The Morgan fingerprint density at radius 3 is 2.50 bits per heavy atom. The first kappa shape index (κ1) is 15.4. The van der Waals surface area contributed by atoms with Crippen LogP contribution in [-0.2, 0) is 4.79 Å². The Hall–Kier alpha value is -0.610. The fourth-order valence-corrected chi connectivity index (χ4v) is 2.74. The zero-order chi connectivity index (χ0) is 13.2. The average molecular weight is 255 g/mol. The summed E-state index contributed by atoms with van der Waals surface area (Å²) in [7, 11) is 0. The van der Waals surface area contributed by atoms with E-state index in [-0.39, 0.29) is 5.91 Å². The molecule has 0 bridgehead atoms. The molecule has 0 radical (unpaired) electrons. The summed E-state index contributed by atoms with van der Waals surface area (Å²) in [5.74, 6) is 0.688. The van der Waals surface area contributed by atoms with Crippen molar-refractivity contribution in [3.05, 3.63) is 0 Å². The second-order valence-electron chi connectivity index (χ2n) is 5.41. The van der Waals surface area contributed by atoms with Crippen LogP contribution in [-0.4, -0.2) is 25.0 Å². The minimum atomic E-state index is 0.202. The van der Waals surface area contributed by atoms with Crippen LogP contribution in [0.4, 0.5) is 0 Å². The van der Waals surface area contributed by atoms with Crippen molar-refractivity contribution in [2.75, 3.05) is 13.1 Å². The summed E-state index contributed by atoms with van der Waals surface area (Å²) in [5, 5.41) is 3.17. The zero-order valence-electron chi connectivity index (χ0n) is 11.5. The van der Waals surface area contributed by atoms with Gasteiger partial charge in [-0.15, -0.1) is 0 Å². The highest BCUT2D eigenvalue weighted by Crippen LogP contribution is 2.23. The second kappa shape index (κ2) is 9.34. The molecule has 4 nitrogen and oxygen atoms in total. The van der Waals surface area contributed by atoms with E-state index in [2.05, 4.69) is 5.32 Å². The molecule has 0 heterocycles. The predicted octanol–water partition coefficient (Wildman–Crippen LogP) is 1.53. The highest BCUT2D eigenvalue weighted by molar-refractivity contribution is 5.76. The maximum atomic E-state index is 11.8. The molecule has 1 aliphatic rings. The van der Waals surface area contributed by atoms with Crippen molar-refractivity contribution in [2.45, 2.75) is 63.8 Å². The van der Waals surface area contributed by atoms with Crippen molar-refractivity contribution in [1.82, 2.24) is 5.32 Å². The van der Waals surface area contributed by atoms with Gasteiger partial charge < -0.3 is 16.8 Å². The van der Waals surface area contributed by atoms with Crippen molar-refractivity contribution in [2.24, 2.45) is 17.4 Å². The first-order valence-corrected chi connectivity index (χ1v) is 7.47. The van der Waals surface area contributed by atoms with Crippen LogP contribution in [0.25, 0.3) is 0 Å². The van der Waals surface area contributed by atoms with Crippen LogP contribution in [0.1, 0.15) is 57.8 Å². The van der Waals surface area contributed by atoms with E-state index in [4.69, 9.17) is 11.5 Å². The molecule has 0 aliphatic heterocycles. The van der Waals surface area contributed by atoms with E-state index < -0.39 is 0 Å². The Labute approximate surface area is 111 Å². The van der Waals surface area contributed by atoms with Gasteiger partial charge in [0.25, 0.3) is 0 Å². The molecule has 18 heavy (non-hydrogen) atoms. The largest absolute Gasteiger partial charge is 0.353 e. The van der Waals surface area contributed by atoms with Crippen LogP contribution >= 0.6 is 0 Å². The third kappa shape index (κ3) is 5.83. The molecule has 1 amide bonds. The SMILES string of the molecule is NCCCCCCC(=O)NC1CCCCC1CN. The summed E-state index contributed by atoms with van der Waals surface area (Å²) in [6.45, 7) is 1.45. The van der Waals surface area contributed by atoms with E-state index in [0.717, 1.165) is 45.1 Å². The maximum absolute atomic E-state index is 11.8. The van der Waals surface area contributed by atoms with Crippen LogP contribution in [0.2, 0.25) is 0 Å². The topological polar surface area (TPSA) is 81.1 Å². The first-order valence-electron chi connectivity index (χ1n) is 7.47. The molecule has 5 N–H and O–H groups in total. The number of carbonyl (C=O) groups excluding carboxylic acids is 1. The van der Waals surface area contributed by atoms with Gasteiger partial charge in [0.1, 0.15) is 0 Å². The number of carbonyl (C=O) groups is 1. The monoisotopic (exact) mass is 255 g/mol. The Morgan fingerprint density at radius 1 is 1.06 bits per heavy atom. The number of nitrogens with one attached hydrogen (secondary N) is 1. The smallest absolute Gasteiger partial charge is 0.220 e. The van der Waals surface area contributed by atoms with Crippen LogP contribution in [0, 0.1) is 5.92 Å². The number of hydrogen-bond acceptors (Lipinski definition) is 3. The lowest BCUT2D eigenvalue weighted by Gasteiger charge is -2.31. The van der Waals surface area contributed by atoms with Crippen molar-refractivity contribution >= 4 is 5.91 Å². The van der Waals surface area contributed by atoms with Gasteiger partial charge in [-0.05, 0) is 44.7 Å². The van der Waals surface area contributed by atoms with Crippen molar-refractivity contribution in [1.29, 1.82) is 0 Å². The molecule has 2 unspecified atom stereocenters. The molecule has 2 atom stereocenters. The molecule has 1 saturated carbocycles. The minimum absolute atomic E-state index is 0.202. The molecular weight excluding hydrogens is 226 g/mol. The maximum Gasteiger partial charge on any atom is 0.220 e. The third-order valence-electron chi connectivity index (χ3n) is 3.92. The normalized spacial score (nSPS) is 23.9. The molecule has 0 spiro atoms. The molecule has 1 fully saturated rings. The van der Waals surface area contributed by atoms with E-state index >= 15 is 0 Å². The fourth-order valence-electron chi connectivity index (χ4n) is 2.74. The minimum Gasteiger partial charge on any atom is -0.353 e. The number of unbranched alkanes of at least 4 members (excludes halogenated alkanes) is 3. The Morgan fingerprint density at radius 2 is 1.78 bits per heavy atom. The van der Waals surface area contributed by atoms with Gasteiger partial charge in [0.2, 0.25) is 5.91 Å². The van der Waals surface area contributed by atoms with E-state index in [1.807, 2.05) is 0 Å². The Kier molecular flexibility index (Phi) is 8.01. The van der Waals surface area contributed by atoms with Crippen molar-refractivity contribution in [3.63, 3.8) is 0 Å². The van der Waals surface area contributed by atoms with Crippen molar-refractivity contribution in [3.8, 4) is 0 Å². The van der Waals surface area contributed by atoms with Gasteiger partial charge in [0.15, 0.2) is 0 Å². The Bertz CT molecular complexity index is 233. The van der Waals surface area contributed by atoms with Gasteiger partial charge in [0, 0.05) is 12.5 Å². The summed E-state index contributed by atoms with van der Waals surface area (Å²) in [5.41, 5.74) is 11.2. The number of amides is 1. The number of rotatable bonds is 8. The van der Waals surface area contributed by atoms with Crippen molar-refractivity contribution < 1.29 is 4.79 Å². The number of hydrogen-bond donors (Lipinski definition) is 3. The van der Waals surface area contributed by atoms with Gasteiger partial charge in [-0.3, -0.25) is 4.79 Å². The van der Waals surface area contributed by atoms with Gasteiger partial charge in [0.05, 0.1) is 0 Å². The van der Waals surface area contributed by atoms with E-state index in [9.17, 15) is 4.79 Å². The first-order chi connectivity index (χ1) is 8.77. The number of nitrogens with two attached hydrogens (primary N) is 2. The summed E-state index contributed by atoms with van der Waals surface area (Å²) in [4.78, 5) is 11.8. The molecular formula is C14H29N3O. The lowest BCUT2D eigenvalue weighted by molar-refractivity contribution is -0.122. The Balaban J connectivity index is 2.14. The van der Waals surface area contributed by atoms with Gasteiger partial charge in [-0.1, -0.05) is 25.7 Å².